The van der Waals surface area contributed by atoms with Crippen LogP contribution in [0.15, 0.2) is 48.7 Å². The van der Waals surface area contributed by atoms with Crippen LogP contribution in [0.4, 0.5) is 5.82 Å². The molecule has 0 fully saturated rings. The highest BCUT2D eigenvalue weighted by Gasteiger charge is 2.18. The first-order valence-electron chi connectivity index (χ1n) is 8.76. The molecule has 2 aromatic heterocycles. The molecule has 1 N–H and O–H groups in total. The van der Waals surface area contributed by atoms with E-state index in [-0.39, 0.29) is 11.8 Å². The predicted octanol–water partition coefficient (Wildman–Crippen LogP) is 2.74. The quantitative estimate of drug-likeness (QED) is 0.728. The summed E-state index contributed by atoms with van der Waals surface area (Å²) >= 11 is 0. The van der Waals surface area contributed by atoms with E-state index in [2.05, 4.69) is 33.1 Å². The number of likely N-dealkylation sites (N-methyl/N-ethyl adjacent to an activating group) is 1. The van der Waals surface area contributed by atoms with Crippen LogP contribution in [0.5, 0.6) is 0 Å². The van der Waals surface area contributed by atoms with Crippen molar-refractivity contribution in [1.82, 2.24) is 14.5 Å². The highest BCUT2D eigenvalue weighted by Crippen LogP contribution is 2.22. The fourth-order valence-corrected chi connectivity index (χ4v) is 3.33. The second kappa shape index (κ2) is 6.72. The van der Waals surface area contributed by atoms with E-state index in [1.807, 2.05) is 25.2 Å². The third-order valence-corrected chi connectivity index (χ3v) is 4.84. The topological polar surface area (TPSA) is 67.2 Å². The number of benzene rings is 1. The van der Waals surface area contributed by atoms with E-state index in [0.29, 0.717) is 18.8 Å². The maximum absolute atomic E-state index is 12.5. The van der Waals surface area contributed by atoms with Gasteiger partial charge in [0, 0.05) is 43.1 Å². The van der Waals surface area contributed by atoms with E-state index in [9.17, 15) is 9.59 Å². The lowest BCUT2D eigenvalue weighted by Gasteiger charge is -2.15. The maximum atomic E-state index is 12.5. The molecular formula is C21H20N4O2. The lowest BCUT2D eigenvalue weighted by Crippen LogP contribution is -2.25. The van der Waals surface area contributed by atoms with Gasteiger partial charge in [-0.15, -0.1) is 0 Å². The van der Waals surface area contributed by atoms with Gasteiger partial charge in [-0.2, -0.15) is 0 Å². The summed E-state index contributed by atoms with van der Waals surface area (Å²) in [5.74, 6) is 0.468. The van der Waals surface area contributed by atoms with Gasteiger partial charge in [-0.05, 0) is 35.2 Å². The molecule has 3 heterocycles. The Balaban J connectivity index is 1.46. The minimum absolute atomic E-state index is 0.0515. The van der Waals surface area contributed by atoms with Crippen molar-refractivity contribution in [1.29, 1.82) is 0 Å². The molecule has 27 heavy (non-hydrogen) atoms. The number of hydrogen-bond acceptors (Lipinski definition) is 3. The summed E-state index contributed by atoms with van der Waals surface area (Å²) in [6, 6.07) is 12.2. The van der Waals surface area contributed by atoms with Gasteiger partial charge in [0.25, 0.3) is 0 Å². The molecule has 1 aliphatic heterocycles. The molecule has 3 aromatic rings. The third kappa shape index (κ3) is 3.33. The van der Waals surface area contributed by atoms with Crippen LogP contribution in [-0.4, -0.2) is 33.3 Å². The van der Waals surface area contributed by atoms with Crippen molar-refractivity contribution in [3.05, 3.63) is 65.5 Å². The Labute approximate surface area is 157 Å². The van der Waals surface area contributed by atoms with E-state index >= 15 is 0 Å². The summed E-state index contributed by atoms with van der Waals surface area (Å²) in [5, 5.41) is 3.87. The summed E-state index contributed by atoms with van der Waals surface area (Å²) in [4.78, 5) is 29.8. The van der Waals surface area contributed by atoms with Crippen LogP contribution in [-0.2, 0) is 29.6 Å². The summed E-state index contributed by atoms with van der Waals surface area (Å²) < 4.78 is 2.11. The van der Waals surface area contributed by atoms with Crippen LogP contribution in [0.2, 0.25) is 0 Å². The second-order valence-electron chi connectivity index (χ2n) is 6.78. The Morgan fingerprint density at radius 3 is 2.96 bits per heavy atom. The van der Waals surface area contributed by atoms with Crippen molar-refractivity contribution in [2.45, 2.75) is 13.0 Å². The SMILES string of the molecule is CN(Cc1cc2ccccc2n1C)C(=O)C=Cc1cnc2c(c1)CC(=O)N2. The first-order valence-corrected chi connectivity index (χ1v) is 8.76. The van der Waals surface area contributed by atoms with Crippen LogP contribution >= 0.6 is 0 Å². The van der Waals surface area contributed by atoms with E-state index in [1.165, 1.54) is 11.5 Å². The van der Waals surface area contributed by atoms with Gasteiger partial charge in [-0.25, -0.2) is 4.98 Å². The van der Waals surface area contributed by atoms with Crippen molar-refractivity contribution in [3.63, 3.8) is 0 Å². The number of pyridine rings is 1. The monoisotopic (exact) mass is 360 g/mol. The van der Waals surface area contributed by atoms with Gasteiger partial charge in [-0.3, -0.25) is 9.59 Å². The zero-order valence-corrected chi connectivity index (χ0v) is 15.3. The molecule has 0 saturated carbocycles. The van der Waals surface area contributed by atoms with Gasteiger partial charge in [0.1, 0.15) is 5.82 Å². The van der Waals surface area contributed by atoms with Gasteiger partial charge in [-0.1, -0.05) is 18.2 Å². The second-order valence-corrected chi connectivity index (χ2v) is 6.78. The largest absolute Gasteiger partial charge is 0.346 e. The molecule has 6 nitrogen and oxygen atoms in total. The predicted molar refractivity (Wildman–Crippen MR) is 105 cm³/mol. The standard InChI is InChI=1S/C21H20N4O2/c1-24(13-17-10-15-5-3-4-6-18(15)25(17)2)20(27)8-7-14-9-16-11-19(26)23-21(16)22-12-14/h3-10,12H,11,13H2,1-2H3,(H,22,23,26). The molecule has 0 saturated heterocycles. The Kier molecular flexibility index (Phi) is 4.24. The van der Waals surface area contributed by atoms with Crippen LogP contribution in [0.1, 0.15) is 16.8 Å². The number of amides is 2. The summed E-state index contributed by atoms with van der Waals surface area (Å²) in [5.41, 5.74) is 3.88. The highest BCUT2D eigenvalue weighted by atomic mass is 16.2. The average molecular weight is 360 g/mol. The third-order valence-electron chi connectivity index (χ3n) is 4.84. The fraction of sp³-hybridized carbons (Fsp3) is 0.190. The van der Waals surface area contributed by atoms with E-state index in [0.717, 1.165) is 22.3 Å². The van der Waals surface area contributed by atoms with Crippen molar-refractivity contribution >= 4 is 34.6 Å². The molecule has 1 aliphatic rings. The van der Waals surface area contributed by atoms with Crippen molar-refractivity contribution < 1.29 is 9.59 Å². The van der Waals surface area contributed by atoms with E-state index in [1.54, 1.807) is 24.2 Å². The maximum Gasteiger partial charge on any atom is 0.246 e. The fourth-order valence-electron chi connectivity index (χ4n) is 3.33. The number of nitrogens with zero attached hydrogens (tertiary/aromatic N) is 3. The summed E-state index contributed by atoms with van der Waals surface area (Å²) in [6.45, 7) is 0.523. The summed E-state index contributed by atoms with van der Waals surface area (Å²) in [6.07, 6.45) is 5.25. The molecule has 0 unspecified atom stereocenters. The van der Waals surface area contributed by atoms with Gasteiger partial charge >= 0.3 is 0 Å². The number of aromatic nitrogens is 2. The molecule has 0 aliphatic carbocycles. The molecule has 136 valence electrons. The van der Waals surface area contributed by atoms with Crippen LogP contribution in [0, 0.1) is 0 Å². The van der Waals surface area contributed by atoms with Crippen molar-refractivity contribution in [2.24, 2.45) is 7.05 Å². The zero-order chi connectivity index (χ0) is 19.0. The molecule has 0 radical (unpaired) electrons. The first kappa shape index (κ1) is 17.0. The lowest BCUT2D eigenvalue weighted by molar-refractivity contribution is -0.125. The minimum atomic E-state index is -0.0880. The highest BCUT2D eigenvalue weighted by molar-refractivity contribution is 5.98. The number of anilines is 1. The molecule has 1 aromatic carbocycles. The number of para-hydroxylation sites is 1. The Bertz CT molecular complexity index is 1080. The minimum Gasteiger partial charge on any atom is -0.346 e. The van der Waals surface area contributed by atoms with Crippen molar-refractivity contribution in [3.8, 4) is 0 Å². The van der Waals surface area contributed by atoms with E-state index < -0.39 is 0 Å². The van der Waals surface area contributed by atoms with Crippen LogP contribution in [0.25, 0.3) is 17.0 Å². The van der Waals surface area contributed by atoms with Gasteiger partial charge in [0.2, 0.25) is 11.8 Å². The molecule has 0 atom stereocenters. The number of carbonyl (C=O) groups excluding carboxylic acids is 2. The number of carbonyl (C=O) groups is 2. The lowest BCUT2D eigenvalue weighted by atomic mass is 10.1. The number of nitrogens with one attached hydrogen (secondary N) is 1. The normalized spacial score (nSPS) is 13.2. The van der Waals surface area contributed by atoms with Gasteiger partial charge < -0.3 is 14.8 Å². The Hall–Kier alpha value is -3.41. The summed E-state index contributed by atoms with van der Waals surface area (Å²) in [7, 11) is 3.80. The molecule has 6 heteroatoms. The van der Waals surface area contributed by atoms with Crippen molar-refractivity contribution in [2.75, 3.05) is 12.4 Å². The molecule has 0 spiro atoms. The average Bonchev–Trinajstić information content (AvgIpc) is 3.18. The zero-order valence-electron chi connectivity index (χ0n) is 15.3. The Morgan fingerprint density at radius 1 is 1.33 bits per heavy atom. The van der Waals surface area contributed by atoms with Gasteiger partial charge in [0.15, 0.2) is 0 Å². The van der Waals surface area contributed by atoms with E-state index in [4.69, 9.17) is 0 Å². The van der Waals surface area contributed by atoms with Crippen LogP contribution in [0.3, 0.4) is 0 Å². The smallest absolute Gasteiger partial charge is 0.246 e. The molecule has 4 rings (SSSR count). The number of hydrogen-bond donors (Lipinski definition) is 1. The number of fused-ring (bicyclic) bond motifs is 2. The number of aryl methyl sites for hydroxylation is 1. The molecular weight excluding hydrogens is 340 g/mol. The Morgan fingerprint density at radius 2 is 2.15 bits per heavy atom. The first-order chi connectivity index (χ1) is 13.0. The number of rotatable bonds is 4. The molecule has 0 bridgehead atoms. The molecule has 2 amide bonds. The van der Waals surface area contributed by atoms with Gasteiger partial charge in [0.05, 0.1) is 13.0 Å². The van der Waals surface area contributed by atoms with Crippen LogP contribution < -0.4 is 5.32 Å².